The summed E-state index contributed by atoms with van der Waals surface area (Å²) in [5, 5.41) is 2.69. The lowest BCUT2D eigenvalue weighted by molar-refractivity contribution is -0.142. The smallest absolute Gasteiger partial charge is 0.343 e. The summed E-state index contributed by atoms with van der Waals surface area (Å²) in [6.07, 6.45) is 0. The third-order valence-corrected chi connectivity index (χ3v) is 4.05. The number of benzene rings is 2. The maximum absolute atomic E-state index is 12.4. The lowest BCUT2D eigenvalue weighted by Gasteiger charge is -2.08. The molecule has 8 heteroatoms. The molecule has 0 saturated heterocycles. The number of ether oxygens (including phenoxy) is 2. The molecule has 0 unspecified atom stereocenters. The van der Waals surface area contributed by atoms with Crippen molar-refractivity contribution in [3.05, 3.63) is 59.2 Å². The number of carbonyl (C=O) groups is 4. The molecule has 3 amide bonds. The molecule has 1 aliphatic rings. The Morgan fingerprint density at radius 1 is 1.00 bits per heavy atom. The molecule has 1 aliphatic heterocycles. The molecule has 0 bridgehead atoms. The summed E-state index contributed by atoms with van der Waals surface area (Å²) in [6.45, 7) is -0.210. The molecular formula is C19H16N2O6. The van der Waals surface area contributed by atoms with E-state index < -0.39 is 17.8 Å². The van der Waals surface area contributed by atoms with Crippen LogP contribution in [0.1, 0.15) is 31.1 Å². The lowest BCUT2D eigenvalue weighted by atomic mass is 10.1. The van der Waals surface area contributed by atoms with Crippen molar-refractivity contribution < 1.29 is 28.7 Å². The monoisotopic (exact) mass is 368 g/mol. The third kappa shape index (κ3) is 3.64. The molecule has 27 heavy (non-hydrogen) atoms. The summed E-state index contributed by atoms with van der Waals surface area (Å²) >= 11 is 0. The molecule has 0 saturated carbocycles. The molecule has 8 nitrogen and oxygen atoms in total. The number of methoxy groups -OCH3 is 1. The molecule has 1 heterocycles. The standard InChI is InChI=1S/C19H16N2O6/c1-21-18(24)14-8-3-11(9-15(14)19(21)25)17(23)20-12-4-6-13(7-5-12)27-10-16(22)26-2/h3-9H,10H2,1-2H3,(H,20,23). The van der Waals surface area contributed by atoms with E-state index >= 15 is 0 Å². The highest BCUT2D eigenvalue weighted by molar-refractivity contribution is 6.22. The van der Waals surface area contributed by atoms with Gasteiger partial charge in [-0.2, -0.15) is 0 Å². The van der Waals surface area contributed by atoms with Crippen LogP contribution in [-0.2, 0) is 9.53 Å². The topological polar surface area (TPSA) is 102 Å². The number of hydrogen-bond donors (Lipinski definition) is 1. The summed E-state index contributed by atoms with van der Waals surface area (Å²) in [5.74, 6) is -1.29. The van der Waals surface area contributed by atoms with Crippen LogP contribution in [-0.4, -0.2) is 49.4 Å². The van der Waals surface area contributed by atoms with E-state index in [0.29, 0.717) is 11.4 Å². The molecule has 0 aliphatic carbocycles. The van der Waals surface area contributed by atoms with Crippen LogP contribution in [0, 0.1) is 0 Å². The van der Waals surface area contributed by atoms with Crippen molar-refractivity contribution in [2.45, 2.75) is 0 Å². The fraction of sp³-hybridized carbons (Fsp3) is 0.158. The molecule has 0 fully saturated rings. The van der Waals surface area contributed by atoms with Crippen molar-refractivity contribution in [3.8, 4) is 5.75 Å². The first-order valence-corrected chi connectivity index (χ1v) is 7.98. The number of esters is 1. The zero-order valence-corrected chi connectivity index (χ0v) is 14.6. The van der Waals surface area contributed by atoms with Gasteiger partial charge in [0.1, 0.15) is 5.75 Å². The first-order valence-electron chi connectivity index (χ1n) is 7.98. The van der Waals surface area contributed by atoms with Gasteiger partial charge in [0.2, 0.25) is 0 Å². The summed E-state index contributed by atoms with van der Waals surface area (Å²) in [7, 11) is 2.67. The number of amides is 3. The van der Waals surface area contributed by atoms with Crippen LogP contribution < -0.4 is 10.1 Å². The SMILES string of the molecule is COC(=O)COc1ccc(NC(=O)c2ccc3c(c2)C(=O)N(C)C3=O)cc1. The van der Waals surface area contributed by atoms with Gasteiger partial charge >= 0.3 is 5.97 Å². The first-order chi connectivity index (χ1) is 12.9. The summed E-state index contributed by atoms with van der Waals surface area (Å²) in [5.41, 5.74) is 1.26. The number of rotatable bonds is 5. The number of fused-ring (bicyclic) bond motifs is 1. The maximum atomic E-state index is 12.4. The van der Waals surface area contributed by atoms with Gasteiger partial charge in [-0.3, -0.25) is 19.3 Å². The second kappa shape index (κ2) is 7.28. The molecule has 138 valence electrons. The van der Waals surface area contributed by atoms with Gasteiger partial charge in [0.15, 0.2) is 6.61 Å². The molecule has 3 rings (SSSR count). The second-order valence-electron chi connectivity index (χ2n) is 5.77. The number of hydrogen-bond acceptors (Lipinski definition) is 6. The molecule has 0 spiro atoms. The molecule has 2 aromatic rings. The van der Waals surface area contributed by atoms with E-state index in [9.17, 15) is 19.2 Å². The Bertz CT molecular complexity index is 936. The highest BCUT2D eigenvalue weighted by Crippen LogP contribution is 2.23. The van der Waals surface area contributed by atoms with E-state index in [1.54, 1.807) is 24.3 Å². The van der Waals surface area contributed by atoms with E-state index in [1.807, 2.05) is 0 Å². The van der Waals surface area contributed by atoms with Gasteiger partial charge in [-0.15, -0.1) is 0 Å². The van der Waals surface area contributed by atoms with E-state index in [2.05, 4.69) is 10.1 Å². The zero-order valence-electron chi connectivity index (χ0n) is 14.6. The predicted octanol–water partition coefficient (Wildman–Crippen LogP) is 1.72. The van der Waals surface area contributed by atoms with Gasteiger partial charge in [-0.25, -0.2) is 4.79 Å². The largest absolute Gasteiger partial charge is 0.482 e. The average molecular weight is 368 g/mol. The molecule has 0 radical (unpaired) electrons. The van der Waals surface area contributed by atoms with Crippen LogP contribution >= 0.6 is 0 Å². The Kier molecular flexibility index (Phi) is 4.89. The van der Waals surface area contributed by atoms with Gasteiger partial charge in [0.05, 0.1) is 18.2 Å². The highest BCUT2D eigenvalue weighted by atomic mass is 16.6. The molecule has 0 aromatic heterocycles. The van der Waals surface area contributed by atoms with Crippen molar-refractivity contribution in [1.29, 1.82) is 0 Å². The Labute approximate surface area is 154 Å². The van der Waals surface area contributed by atoms with Crippen molar-refractivity contribution in [2.75, 3.05) is 26.1 Å². The summed E-state index contributed by atoms with van der Waals surface area (Å²) < 4.78 is 9.71. The van der Waals surface area contributed by atoms with E-state index in [4.69, 9.17) is 4.74 Å². The lowest BCUT2D eigenvalue weighted by Crippen LogP contribution is -2.24. The minimum Gasteiger partial charge on any atom is -0.482 e. The van der Waals surface area contributed by atoms with Gasteiger partial charge < -0.3 is 14.8 Å². The zero-order chi connectivity index (χ0) is 19.6. The summed E-state index contributed by atoms with van der Waals surface area (Å²) in [6, 6.07) is 10.8. The number of nitrogens with one attached hydrogen (secondary N) is 1. The highest BCUT2D eigenvalue weighted by Gasteiger charge is 2.33. The first kappa shape index (κ1) is 18.1. The number of nitrogens with zero attached hydrogens (tertiary/aromatic N) is 1. The fourth-order valence-corrected chi connectivity index (χ4v) is 2.54. The van der Waals surface area contributed by atoms with Crippen LogP contribution in [0.15, 0.2) is 42.5 Å². The van der Waals surface area contributed by atoms with E-state index in [1.165, 1.54) is 32.4 Å². The number of imide groups is 1. The van der Waals surface area contributed by atoms with Crippen LogP contribution in [0.4, 0.5) is 5.69 Å². The minimum atomic E-state index is -0.498. The normalized spacial score (nSPS) is 12.6. The Morgan fingerprint density at radius 3 is 2.33 bits per heavy atom. The van der Waals surface area contributed by atoms with Gasteiger partial charge in [-0.05, 0) is 42.5 Å². The Hall–Kier alpha value is -3.68. The van der Waals surface area contributed by atoms with Gasteiger partial charge in [-0.1, -0.05) is 0 Å². The molecule has 2 aromatic carbocycles. The predicted molar refractivity (Wildman–Crippen MR) is 94.8 cm³/mol. The van der Waals surface area contributed by atoms with Crippen LogP contribution in [0.25, 0.3) is 0 Å². The second-order valence-corrected chi connectivity index (χ2v) is 5.77. The van der Waals surface area contributed by atoms with Crippen molar-refractivity contribution >= 4 is 29.4 Å². The quantitative estimate of drug-likeness (QED) is 0.637. The maximum Gasteiger partial charge on any atom is 0.343 e. The van der Waals surface area contributed by atoms with Gasteiger partial charge in [0.25, 0.3) is 17.7 Å². The molecule has 1 N–H and O–H groups in total. The van der Waals surface area contributed by atoms with E-state index in [-0.39, 0.29) is 29.2 Å². The summed E-state index contributed by atoms with van der Waals surface area (Å²) in [4.78, 5) is 48.4. The average Bonchev–Trinajstić information content (AvgIpc) is 2.91. The number of anilines is 1. The fourth-order valence-electron chi connectivity index (χ4n) is 2.54. The number of carbonyl (C=O) groups excluding carboxylic acids is 4. The third-order valence-electron chi connectivity index (χ3n) is 4.05. The van der Waals surface area contributed by atoms with Crippen molar-refractivity contribution in [3.63, 3.8) is 0 Å². The minimum absolute atomic E-state index is 0.210. The Morgan fingerprint density at radius 2 is 1.67 bits per heavy atom. The van der Waals surface area contributed by atoms with E-state index in [0.717, 1.165) is 4.90 Å². The van der Waals surface area contributed by atoms with Crippen LogP contribution in [0.5, 0.6) is 5.75 Å². The van der Waals surface area contributed by atoms with Crippen LogP contribution in [0.2, 0.25) is 0 Å². The molecular weight excluding hydrogens is 352 g/mol. The Balaban J connectivity index is 1.69. The van der Waals surface area contributed by atoms with Crippen molar-refractivity contribution in [2.24, 2.45) is 0 Å². The van der Waals surface area contributed by atoms with Gasteiger partial charge in [0, 0.05) is 18.3 Å². The molecule has 0 atom stereocenters. The van der Waals surface area contributed by atoms with Crippen molar-refractivity contribution in [1.82, 2.24) is 4.90 Å². The van der Waals surface area contributed by atoms with Crippen LogP contribution in [0.3, 0.4) is 0 Å².